The predicted octanol–water partition coefficient (Wildman–Crippen LogP) is 0.476. The molecule has 1 aliphatic rings. The Hall–Kier alpha value is -0.0400. The van der Waals surface area contributed by atoms with E-state index in [0.29, 0.717) is 6.42 Å². The molecule has 0 amide bonds. The summed E-state index contributed by atoms with van der Waals surface area (Å²) in [4.78, 5) is 23.3. The molecule has 0 aromatic rings. The van der Waals surface area contributed by atoms with Gasteiger partial charge in [0.05, 0.1) is 18.6 Å². The van der Waals surface area contributed by atoms with Gasteiger partial charge in [0.25, 0.3) is 0 Å². The monoisotopic (exact) mass is 262 g/mol. The Kier molecular flexibility index (Phi) is 6.41. The molecule has 0 saturated carbocycles. The third-order valence-electron chi connectivity index (χ3n) is 2.55. The summed E-state index contributed by atoms with van der Waals surface area (Å²) in [7, 11) is 5.10. The summed E-state index contributed by atoms with van der Waals surface area (Å²) in [5.41, 5.74) is 0. The normalized spacial score (nSPS) is 28.0. The fourth-order valence-electron chi connectivity index (χ4n) is 1.43. The third-order valence-corrected chi connectivity index (χ3v) is 4.97. The number of carbonyl (C=O) groups is 2. The summed E-state index contributed by atoms with van der Waals surface area (Å²) in [5.74, 6) is 1.81. The van der Waals surface area contributed by atoms with Gasteiger partial charge in [-0.3, -0.25) is 14.9 Å². The summed E-state index contributed by atoms with van der Waals surface area (Å²) in [6.45, 7) is 2.13. The van der Waals surface area contributed by atoms with E-state index in [0.717, 1.165) is 11.5 Å². The van der Waals surface area contributed by atoms with Gasteiger partial charge in [0.2, 0.25) is 0 Å². The molecule has 1 rings (SSSR count). The van der Waals surface area contributed by atoms with Crippen molar-refractivity contribution in [3.8, 4) is 0 Å². The molecule has 92 valence electrons. The van der Waals surface area contributed by atoms with Crippen molar-refractivity contribution in [2.45, 2.75) is 25.4 Å². The first-order valence-electron chi connectivity index (χ1n) is 5.39. The van der Waals surface area contributed by atoms with Crippen LogP contribution in [0.1, 0.15) is 13.3 Å². The van der Waals surface area contributed by atoms with Crippen LogP contribution in [0.4, 0.5) is 0 Å². The fourth-order valence-corrected chi connectivity index (χ4v) is 3.94. The van der Waals surface area contributed by atoms with Gasteiger partial charge in [0.1, 0.15) is 5.78 Å². The van der Waals surface area contributed by atoms with Crippen molar-refractivity contribution in [2.24, 2.45) is 0 Å². The van der Waals surface area contributed by atoms with Gasteiger partial charge in [0.15, 0.2) is 5.78 Å². The molecule has 1 unspecified atom stereocenters. The zero-order valence-corrected chi connectivity index (χ0v) is 11.2. The van der Waals surface area contributed by atoms with Crippen LogP contribution < -0.4 is 10.6 Å². The highest BCUT2D eigenvalue weighted by Gasteiger charge is 2.23. The quantitative estimate of drug-likeness (QED) is 0.721. The van der Waals surface area contributed by atoms with Gasteiger partial charge < -0.3 is 5.32 Å². The smallest absolute Gasteiger partial charge is 0.164 e. The second-order valence-corrected chi connectivity index (χ2v) is 6.18. The molecular weight excluding hydrogens is 244 g/mol. The average Bonchev–Trinajstić information content (AvgIpc) is 2.39. The van der Waals surface area contributed by atoms with Crippen LogP contribution in [0.2, 0.25) is 0 Å². The lowest BCUT2D eigenvalue weighted by atomic mass is 10.1. The van der Waals surface area contributed by atoms with Crippen LogP contribution in [0.15, 0.2) is 0 Å². The summed E-state index contributed by atoms with van der Waals surface area (Å²) < 4.78 is 0. The number of likely N-dealkylation sites (N-methyl/N-ethyl adjacent to an activating group) is 1. The van der Waals surface area contributed by atoms with Crippen LogP contribution in [0.3, 0.4) is 0 Å². The molecule has 16 heavy (non-hydrogen) atoms. The largest absolute Gasteiger partial charge is 0.310 e. The molecule has 1 saturated heterocycles. The lowest BCUT2D eigenvalue weighted by molar-refractivity contribution is -0.121. The van der Waals surface area contributed by atoms with Crippen molar-refractivity contribution < 1.29 is 9.59 Å². The Bertz CT molecular complexity index is 261. The Morgan fingerprint density at radius 1 is 1.50 bits per heavy atom. The van der Waals surface area contributed by atoms with Gasteiger partial charge in [-0.05, 0) is 7.05 Å². The zero-order chi connectivity index (χ0) is 12.0. The molecule has 2 atom stereocenters. The first-order valence-corrected chi connectivity index (χ1v) is 7.88. The van der Waals surface area contributed by atoms with Crippen LogP contribution in [0.25, 0.3) is 0 Å². The molecule has 0 aromatic carbocycles. The van der Waals surface area contributed by atoms with E-state index in [-0.39, 0.29) is 30.2 Å². The second kappa shape index (κ2) is 7.32. The molecule has 6 heteroatoms. The van der Waals surface area contributed by atoms with Gasteiger partial charge in [-0.1, -0.05) is 28.5 Å². The molecule has 0 aliphatic carbocycles. The van der Waals surface area contributed by atoms with Gasteiger partial charge >= 0.3 is 0 Å². The third kappa shape index (κ3) is 4.08. The number of hydrogen-bond donors (Lipinski definition) is 2. The number of nitrogens with one attached hydrogen (secondary N) is 2. The summed E-state index contributed by atoms with van der Waals surface area (Å²) in [6.07, 6.45) is 0.520. The summed E-state index contributed by atoms with van der Waals surface area (Å²) in [5, 5.41) is 6.05. The van der Waals surface area contributed by atoms with Crippen LogP contribution in [0, 0.1) is 0 Å². The van der Waals surface area contributed by atoms with Gasteiger partial charge in [0, 0.05) is 17.9 Å². The molecule has 2 N–H and O–H groups in total. The van der Waals surface area contributed by atoms with Gasteiger partial charge in [-0.25, -0.2) is 0 Å². The van der Waals surface area contributed by atoms with E-state index in [1.165, 1.54) is 0 Å². The van der Waals surface area contributed by atoms with Crippen LogP contribution in [-0.4, -0.2) is 48.7 Å². The lowest BCUT2D eigenvalue weighted by Crippen LogP contribution is -2.46. The minimum absolute atomic E-state index is 0.111. The topological polar surface area (TPSA) is 58.2 Å². The van der Waals surface area contributed by atoms with Crippen LogP contribution in [-0.2, 0) is 9.59 Å². The van der Waals surface area contributed by atoms with Gasteiger partial charge in [-0.15, -0.1) is 0 Å². The first-order chi connectivity index (χ1) is 7.69. The Morgan fingerprint density at radius 3 is 2.81 bits per heavy atom. The zero-order valence-electron chi connectivity index (χ0n) is 9.62. The lowest BCUT2D eigenvalue weighted by Gasteiger charge is -2.15. The van der Waals surface area contributed by atoms with E-state index in [1.807, 2.05) is 6.92 Å². The highest BCUT2D eigenvalue weighted by molar-refractivity contribution is 8.76. The molecule has 0 radical (unpaired) electrons. The first kappa shape index (κ1) is 14.0. The Balaban J connectivity index is 2.57. The van der Waals surface area contributed by atoms with E-state index >= 15 is 0 Å². The number of carbonyl (C=O) groups excluding carboxylic acids is 2. The van der Waals surface area contributed by atoms with Crippen LogP contribution >= 0.6 is 21.6 Å². The molecule has 0 spiro atoms. The van der Waals surface area contributed by atoms with Crippen LogP contribution in [0.5, 0.6) is 0 Å². The highest BCUT2D eigenvalue weighted by Crippen LogP contribution is 2.24. The molecule has 1 fully saturated rings. The van der Waals surface area contributed by atoms with E-state index in [1.54, 1.807) is 28.6 Å². The van der Waals surface area contributed by atoms with Crippen molar-refractivity contribution in [2.75, 3.05) is 25.1 Å². The van der Waals surface area contributed by atoms with Crippen molar-refractivity contribution in [1.29, 1.82) is 0 Å². The van der Waals surface area contributed by atoms with E-state index in [9.17, 15) is 9.59 Å². The van der Waals surface area contributed by atoms with Crippen molar-refractivity contribution >= 4 is 33.2 Å². The van der Waals surface area contributed by atoms with Gasteiger partial charge in [-0.2, -0.15) is 0 Å². The SMILES string of the molecule is CCC(=O)C1CSSC[C@H](NC)C(=O)CN1. The molecule has 1 aliphatic heterocycles. The second-order valence-electron chi connectivity index (χ2n) is 3.63. The van der Waals surface area contributed by atoms with Crippen molar-refractivity contribution in [3.63, 3.8) is 0 Å². The maximum Gasteiger partial charge on any atom is 0.164 e. The Morgan fingerprint density at radius 2 is 2.19 bits per heavy atom. The maximum atomic E-state index is 11.7. The van der Waals surface area contributed by atoms with E-state index in [4.69, 9.17) is 0 Å². The minimum Gasteiger partial charge on any atom is -0.310 e. The van der Waals surface area contributed by atoms with Crippen molar-refractivity contribution in [3.05, 3.63) is 0 Å². The molecule has 4 nitrogen and oxygen atoms in total. The summed E-state index contributed by atoms with van der Waals surface area (Å²) in [6, 6.07) is -0.289. The number of hydrogen-bond acceptors (Lipinski definition) is 6. The van der Waals surface area contributed by atoms with Crippen molar-refractivity contribution in [1.82, 2.24) is 10.6 Å². The Labute approximate surface area is 104 Å². The molecule has 1 heterocycles. The number of ketones is 2. The molecule has 0 bridgehead atoms. The molecule has 0 aromatic heterocycles. The standard InChI is InChI=1S/C10H18N2O2S2/c1-3-9(13)8-6-16-15-5-7(11-2)10(14)4-12-8/h7-8,11-12H,3-6H2,1-2H3/t7-,8?/m0/s1. The average molecular weight is 262 g/mol. The molecular formula is C10H18N2O2S2. The van der Waals surface area contributed by atoms with E-state index < -0.39 is 0 Å². The minimum atomic E-state index is -0.179. The van der Waals surface area contributed by atoms with E-state index in [2.05, 4.69) is 10.6 Å². The fraction of sp³-hybridized carbons (Fsp3) is 0.800. The number of Topliss-reactive ketones (excluding diaryl/α,β-unsaturated/α-hetero) is 2. The summed E-state index contributed by atoms with van der Waals surface area (Å²) >= 11 is 0. The highest BCUT2D eigenvalue weighted by atomic mass is 33.1. The number of rotatable bonds is 3. The predicted molar refractivity (Wildman–Crippen MR) is 69.9 cm³/mol. The maximum absolute atomic E-state index is 11.7.